The van der Waals surface area contributed by atoms with Crippen molar-refractivity contribution in [3.8, 4) is 0 Å². The molecule has 1 aliphatic rings. The van der Waals surface area contributed by atoms with Gasteiger partial charge in [0, 0.05) is 24.3 Å². The zero-order valence-electron chi connectivity index (χ0n) is 16.4. The number of rotatable bonds is 4. The Hall–Kier alpha value is -2.40. The Morgan fingerprint density at radius 2 is 1.85 bits per heavy atom. The van der Waals surface area contributed by atoms with Crippen LogP contribution in [0.25, 0.3) is 0 Å². The van der Waals surface area contributed by atoms with Crippen LogP contribution in [0, 0.1) is 20.8 Å². The minimum atomic E-state index is 0.117. The maximum atomic E-state index is 12.0. The van der Waals surface area contributed by atoms with Crippen LogP contribution >= 0.6 is 12.2 Å². The van der Waals surface area contributed by atoms with Crippen LogP contribution in [0.15, 0.2) is 36.4 Å². The molecule has 27 heavy (non-hydrogen) atoms. The van der Waals surface area contributed by atoms with E-state index in [9.17, 15) is 4.79 Å². The van der Waals surface area contributed by atoms with Crippen molar-refractivity contribution >= 4 is 34.6 Å². The Bertz CT molecular complexity index is 878. The predicted molar refractivity (Wildman–Crippen MR) is 116 cm³/mol. The molecule has 1 fully saturated rings. The Kier molecular flexibility index (Phi) is 5.80. The van der Waals surface area contributed by atoms with E-state index < -0.39 is 0 Å². The van der Waals surface area contributed by atoms with Gasteiger partial charge in [-0.25, -0.2) is 0 Å². The van der Waals surface area contributed by atoms with Crippen molar-refractivity contribution in [1.82, 2.24) is 5.32 Å². The van der Waals surface area contributed by atoms with Crippen LogP contribution in [0.4, 0.5) is 11.4 Å². The fourth-order valence-electron chi connectivity index (χ4n) is 3.42. The van der Waals surface area contributed by atoms with Gasteiger partial charge in [-0.1, -0.05) is 18.2 Å². The molecule has 0 spiro atoms. The first-order valence-corrected chi connectivity index (χ1v) is 9.81. The molecule has 1 saturated heterocycles. The maximum absolute atomic E-state index is 12.0. The van der Waals surface area contributed by atoms with Gasteiger partial charge in [-0.2, -0.15) is 0 Å². The lowest BCUT2D eigenvalue weighted by molar-refractivity contribution is -0.117. The zero-order valence-corrected chi connectivity index (χ0v) is 17.2. The molecule has 0 aliphatic carbocycles. The topological polar surface area (TPSA) is 44.4 Å². The van der Waals surface area contributed by atoms with Gasteiger partial charge < -0.3 is 15.5 Å². The average molecular weight is 382 g/mol. The number of hydrogen-bond donors (Lipinski definition) is 2. The molecule has 0 radical (unpaired) electrons. The second-order valence-corrected chi connectivity index (χ2v) is 7.72. The lowest BCUT2D eigenvalue weighted by Crippen LogP contribution is -2.31. The Morgan fingerprint density at radius 1 is 1.07 bits per heavy atom. The monoisotopic (exact) mass is 381 g/mol. The molecule has 1 amide bonds. The summed E-state index contributed by atoms with van der Waals surface area (Å²) in [6.45, 7) is 9.17. The number of amides is 1. The number of anilines is 2. The van der Waals surface area contributed by atoms with E-state index in [-0.39, 0.29) is 11.9 Å². The third-order valence-corrected chi connectivity index (χ3v) is 5.42. The smallest absolute Gasteiger partial charge is 0.227 e. The van der Waals surface area contributed by atoms with Crippen LogP contribution in [-0.2, 0) is 4.79 Å². The van der Waals surface area contributed by atoms with E-state index >= 15 is 0 Å². The number of nitrogens with one attached hydrogen (secondary N) is 2. The van der Waals surface area contributed by atoms with Gasteiger partial charge in [0.15, 0.2) is 5.11 Å². The number of benzene rings is 2. The molecule has 5 heteroatoms. The minimum Gasteiger partial charge on any atom is -0.356 e. The molecule has 142 valence electrons. The van der Waals surface area contributed by atoms with Crippen LogP contribution in [0.3, 0.4) is 0 Å². The highest BCUT2D eigenvalue weighted by Gasteiger charge is 2.23. The van der Waals surface area contributed by atoms with Gasteiger partial charge in [-0.3, -0.25) is 4.79 Å². The van der Waals surface area contributed by atoms with Gasteiger partial charge in [-0.15, -0.1) is 0 Å². The maximum Gasteiger partial charge on any atom is 0.227 e. The van der Waals surface area contributed by atoms with Crippen molar-refractivity contribution in [1.29, 1.82) is 0 Å². The molecule has 3 rings (SSSR count). The Balaban J connectivity index is 1.64. The fraction of sp³-hybridized carbons (Fsp3) is 0.364. The summed E-state index contributed by atoms with van der Waals surface area (Å²) in [4.78, 5) is 13.8. The second-order valence-electron chi connectivity index (χ2n) is 7.31. The molecular formula is C22H27N3OS. The van der Waals surface area contributed by atoms with E-state index in [4.69, 9.17) is 12.2 Å². The highest BCUT2D eigenvalue weighted by Crippen LogP contribution is 2.27. The zero-order chi connectivity index (χ0) is 19.6. The third kappa shape index (κ3) is 4.48. The number of hydrogen-bond acceptors (Lipinski definition) is 2. The average Bonchev–Trinajstić information content (AvgIpc) is 3.03. The summed E-state index contributed by atoms with van der Waals surface area (Å²) >= 11 is 5.49. The Morgan fingerprint density at radius 3 is 2.48 bits per heavy atom. The van der Waals surface area contributed by atoms with E-state index in [0.29, 0.717) is 11.5 Å². The van der Waals surface area contributed by atoms with Gasteiger partial charge in [-0.05, 0) is 86.8 Å². The summed E-state index contributed by atoms with van der Waals surface area (Å²) in [5.74, 6) is 0.207. The van der Waals surface area contributed by atoms with Crippen LogP contribution in [0.2, 0.25) is 0 Å². The highest BCUT2D eigenvalue weighted by atomic mass is 32.1. The quantitative estimate of drug-likeness (QED) is 0.748. The normalized spacial score (nSPS) is 15.0. The third-order valence-electron chi connectivity index (χ3n) is 5.20. The molecule has 0 saturated carbocycles. The van der Waals surface area contributed by atoms with Crippen LogP contribution in [-0.4, -0.2) is 17.6 Å². The molecular weight excluding hydrogens is 354 g/mol. The van der Waals surface area contributed by atoms with E-state index in [1.165, 1.54) is 16.7 Å². The van der Waals surface area contributed by atoms with Crippen LogP contribution in [0.5, 0.6) is 0 Å². The van der Waals surface area contributed by atoms with Crippen molar-refractivity contribution in [2.75, 3.05) is 16.8 Å². The van der Waals surface area contributed by atoms with E-state index in [0.717, 1.165) is 29.9 Å². The minimum absolute atomic E-state index is 0.117. The first-order valence-electron chi connectivity index (χ1n) is 9.41. The van der Waals surface area contributed by atoms with Crippen molar-refractivity contribution in [3.05, 3.63) is 58.7 Å². The molecule has 1 atom stereocenters. The van der Waals surface area contributed by atoms with Crippen molar-refractivity contribution < 1.29 is 4.79 Å². The molecule has 1 heterocycles. The fourth-order valence-corrected chi connectivity index (χ4v) is 3.71. The summed E-state index contributed by atoms with van der Waals surface area (Å²) in [7, 11) is 0. The Labute approximate surface area is 167 Å². The number of thiocarbonyl (C=S) groups is 1. The molecule has 0 unspecified atom stereocenters. The standard InChI is InChI=1S/C22H27N3OS/c1-14-7-8-18(12-15(14)2)17(4)23-22(27)24-19-9-10-20(16(3)13-19)25-11-5-6-21(25)26/h7-10,12-13,17H,5-6,11H2,1-4H3,(H2,23,24,27)/t17-/m1/s1. The molecule has 0 bridgehead atoms. The van der Waals surface area contributed by atoms with Gasteiger partial charge in [0.2, 0.25) is 5.91 Å². The first-order chi connectivity index (χ1) is 12.8. The lowest BCUT2D eigenvalue weighted by atomic mass is 10.0. The van der Waals surface area contributed by atoms with Gasteiger partial charge >= 0.3 is 0 Å². The van der Waals surface area contributed by atoms with Crippen LogP contribution < -0.4 is 15.5 Å². The van der Waals surface area contributed by atoms with E-state index in [2.05, 4.69) is 49.6 Å². The van der Waals surface area contributed by atoms with Crippen LogP contribution in [0.1, 0.15) is 48.1 Å². The SMILES string of the molecule is Cc1ccc([C@@H](C)NC(=S)Nc2ccc(N3CCCC3=O)c(C)c2)cc1C. The van der Waals surface area contributed by atoms with Gasteiger partial charge in [0.25, 0.3) is 0 Å². The highest BCUT2D eigenvalue weighted by molar-refractivity contribution is 7.80. The second kappa shape index (κ2) is 8.09. The molecule has 2 aromatic rings. The number of carbonyl (C=O) groups excluding carboxylic acids is 1. The first kappa shape index (κ1) is 19.4. The summed E-state index contributed by atoms with van der Waals surface area (Å²) in [5, 5.41) is 7.19. The summed E-state index contributed by atoms with van der Waals surface area (Å²) in [6, 6.07) is 12.6. The number of nitrogens with zero attached hydrogens (tertiary/aromatic N) is 1. The predicted octanol–water partition coefficient (Wildman–Crippen LogP) is 4.79. The van der Waals surface area contributed by atoms with E-state index in [1.54, 1.807) is 0 Å². The largest absolute Gasteiger partial charge is 0.356 e. The summed E-state index contributed by atoms with van der Waals surface area (Å²) in [5.41, 5.74) is 6.76. The molecule has 1 aliphatic heterocycles. The van der Waals surface area contributed by atoms with Gasteiger partial charge in [0.05, 0.1) is 6.04 Å². The molecule has 4 nitrogen and oxygen atoms in total. The molecule has 2 aromatic carbocycles. The van der Waals surface area contributed by atoms with Crippen molar-refractivity contribution in [2.24, 2.45) is 0 Å². The summed E-state index contributed by atoms with van der Waals surface area (Å²) < 4.78 is 0. The van der Waals surface area contributed by atoms with Gasteiger partial charge in [0.1, 0.15) is 0 Å². The van der Waals surface area contributed by atoms with E-state index in [1.807, 2.05) is 30.0 Å². The number of carbonyl (C=O) groups is 1. The molecule has 2 N–H and O–H groups in total. The van der Waals surface area contributed by atoms with Crippen molar-refractivity contribution in [3.63, 3.8) is 0 Å². The summed E-state index contributed by atoms with van der Waals surface area (Å²) in [6.07, 6.45) is 1.58. The van der Waals surface area contributed by atoms with Crippen molar-refractivity contribution in [2.45, 2.75) is 46.6 Å². The lowest BCUT2D eigenvalue weighted by Gasteiger charge is -2.21. The molecule has 0 aromatic heterocycles. The number of aryl methyl sites for hydroxylation is 3.